The SMILES string of the molecule is Cc1ccc(C)c(-c2cc(C(=O)NNC(=O)C3=NC(C)C(=O)N(c4ccccc4)N3)[nH]n2)c1. The lowest BCUT2D eigenvalue weighted by atomic mass is 10.0. The Morgan fingerprint density at radius 2 is 1.73 bits per heavy atom. The average molecular weight is 445 g/mol. The van der Waals surface area contributed by atoms with Gasteiger partial charge < -0.3 is 0 Å². The molecule has 10 nitrogen and oxygen atoms in total. The third kappa shape index (κ3) is 4.59. The van der Waals surface area contributed by atoms with Crippen LogP contribution >= 0.6 is 0 Å². The molecule has 0 saturated heterocycles. The summed E-state index contributed by atoms with van der Waals surface area (Å²) in [5, 5.41) is 8.14. The Bertz CT molecular complexity index is 1250. The van der Waals surface area contributed by atoms with E-state index in [2.05, 4.69) is 31.5 Å². The fourth-order valence-electron chi connectivity index (χ4n) is 3.33. The van der Waals surface area contributed by atoms with Gasteiger partial charge in [-0.15, -0.1) is 0 Å². The molecule has 0 radical (unpaired) electrons. The van der Waals surface area contributed by atoms with Gasteiger partial charge in [-0.1, -0.05) is 35.9 Å². The molecule has 1 unspecified atom stereocenters. The van der Waals surface area contributed by atoms with E-state index in [1.807, 2.05) is 38.1 Å². The van der Waals surface area contributed by atoms with E-state index in [4.69, 9.17) is 0 Å². The molecule has 0 spiro atoms. The zero-order valence-corrected chi connectivity index (χ0v) is 18.3. The Labute approximate surface area is 190 Å². The molecule has 33 heavy (non-hydrogen) atoms. The molecular weight excluding hydrogens is 422 g/mol. The van der Waals surface area contributed by atoms with Gasteiger partial charge in [0, 0.05) is 5.56 Å². The highest BCUT2D eigenvalue weighted by Gasteiger charge is 2.30. The molecule has 2 aromatic carbocycles. The summed E-state index contributed by atoms with van der Waals surface area (Å²) < 4.78 is 0. The third-order valence-corrected chi connectivity index (χ3v) is 5.13. The van der Waals surface area contributed by atoms with Crippen molar-refractivity contribution in [3.63, 3.8) is 0 Å². The number of hydrogen-bond acceptors (Lipinski definition) is 6. The van der Waals surface area contributed by atoms with E-state index in [0.29, 0.717) is 11.4 Å². The van der Waals surface area contributed by atoms with Crippen molar-refractivity contribution in [1.82, 2.24) is 26.5 Å². The highest BCUT2D eigenvalue weighted by Crippen LogP contribution is 2.23. The number of hydrogen-bond donors (Lipinski definition) is 4. The number of aliphatic imine (C=N–C) groups is 1. The first-order valence-electron chi connectivity index (χ1n) is 10.3. The minimum atomic E-state index is -0.768. The summed E-state index contributed by atoms with van der Waals surface area (Å²) in [5.41, 5.74) is 11.7. The second-order valence-corrected chi connectivity index (χ2v) is 7.67. The lowest BCUT2D eigenvalue weighted by Gasteiger charge is -2.30. The maximum Gasteiger partial charge on any atom is 0.306 e. The van der Waals surface area contributed by atoms with E-state index in [1.165, 1.54) is 5.01 Å². The second kappa shape index (κ2) is 8.95. The van der Waals surface area contributed by atoms with Crippen molar-refractivity contribution in [2.45, 2.75) is 26.8 Å². The molecule has 1 aliphatic heterocycles. The molecule has 0 fully saturated rings. The Hall–Kier alpha value is -4.47. The first-order chi connectivity index (χ1) is 15.8. The molecule has 0 aliphatic carbocycles. The molecule has 1 atom stereocenters. The van der Waals surface area contributed by atoms with E-state index in [0.717, 1.165) is 16.7 Å². The van der Waals surface area contributed by atoms with E-state index >= 15 is 0 Å². The molecule has 2 heterocycles. The van der Waals surface area contributed by atoms with Crippen molar-refractivity contribution in [3.05, 3.63) is 71.4 Å². The van der Waals surface area contributed by atoms with Crippen molar-refractivity contribution in [2.75, 3.05) is 5.01 Å². The number of para-hydroxylation sites is 1. The molecule has 4 rings (SSSR count). The largest absolute Gasteiger partial charge is 0.306 e. The van der Waals surface area contributed by atoms with Crippen LogP contribution in [0.4, 0.5) is 5.69 Å². The van der Waals surface area contributed by atoms with Crippen molar-refractivity contribution in [2.24, 2.45) is 4.99 Å². The van der Waals surface area contributed by atoms with Crippen molar-refractivity contribution < 1.29 is 14.4 Å². The number of amidine groups is 1. The lowest BCUT2D eigenvalue weighted by molar-refractivity contribution is -0.120. The monoisotopic (exact) mass is 445 g/mol. The first kappa shape index (κ1) is 21.8. The highest BCUT2D eigenvalue weighted by molar-refractivity contribution is 6.39. The standard InChI is InChI=1S/C23H23N7O3/c1-13-9-10-14(2)17(11-13)18-12-19(26-25-18)21(31)27-28-22(32)20-24-15(3)23(33)30(29-20)16-7-5-4-6-8-16/h4-12,15H,1-3H3,(H,24,29)(H,25,26)(H,27,31)(H,28,32). The van der Waals surface area contributed by atoms with Crippen LogP contribution in [-0.2, 0) is 9.59 Å². The number of carbonyl (C=O) groups excluding carboxylic acids is 3. The average Bonchev–Trinajstić information content (AvgIpc) is 3.31. The normalized spacial score (nSPS) is 15.5. The molecule has 0 bridgehead atoms. The van der Waals surface area contributed by atoms with Crippen LogP contribution in [-0.4, -0.2) is 39.8 Å². The molecule has 3 amide bonds. The van der Waals surface area contributed by atoms with Crippen LogP contribution in [0.5, 0.6) is 0 Å². The smallest absolute Gasteiger partial charge is 0.272 e. The first-order valence-corrected chi connectivity index (χ1v) is 10.3. The molecule has 1 aliphatic rings. The number of carbonyl (C=O) groups is 3. The summed E-state index contributed by atoms with van der Waals surface area (Å²) in [7, 11) is 0. The number of hydrazine groups is 2. The topological polar surface area (TPSA) is 132 Å². The van der Waals surface area contributed by atoms with Crippen molar-refractivity contribution >= 4 is 29.2 Å². The van der Waals surface area contributed by atoms with Crippen LogP contribution in [0.15, 0.2) is 59.6 Å². The predicted molar refractivity (Wildman–Crippen MR) is 123 cm³/mol. The zero-order chi connectivity index (χ0) is 23.5. The number of amides is 3. The molecule has 10 heteroatoms. The number of aromatic nitrogens is 2. The van der Waals surface area contributed by atoms with Crippen LogP contribution < -0.4 is 21.3 Å². The van der Waals surface area contributed by atoms with Crippen molar-refractivity contribution in [1.29, 1.82) is 0 Å². The Morgan fingerprint density at radius 3 is 2.48 bits per heavy atom. The minimum absolute atomic E-state index is 0.105. The van der Waals surface area contributed by atoms with Gasteiger partial charge in [-0.05, 0) is 50.6 Å². The number of benzene rings is 2. The summed E-state index contributed by atoms with van der Waals surface area (Å²) in [4.78, 5) is 41.6. The van der Waals surface area contributed by atoms with Gasteiger partial charge in [-0.25, -0.2) is 10.0 Å². The number of nitrogens with zero attached hydrogens (tertiary/aromatic N) is 3. The van der Waals surface area contributed by atoms with Crippen LogP contribution in [0.1, 0.15) is 28.5 Å². The number of anilines is 1. The number of aromatic amines is 1. The highest BCUT2D eigenvalue weighted by atomic mass is 16.2. The summed E-state index contributed by atoms with van der Waals surface area (Å²) in [6.45, 7) is 5.53. The van der Waals surface area contributed by atoms with Crippen LogP contribution in [0, 0.1) is 13.8 Å². The van der Waals surface area contributed by atoms with E-state index < -0.39 is 17.9 Å². The quantitative estimate of drug-likeness (QED) is 0.455. The summed E-state index contributed by atoms with van der Waals surface area (Å²) >= 11 is 0. The predicted octanol–water partition coefficient (Wildman–Crippen LogP) is 1.79. The van der Waals surface area contributed by atoms with Crippen molar-refractivity contribution in [3.8, 4) is 11.3 Å². The molecule has 1 aromatic heterocycles. The van der Waals surface area contributed by atoms with Crippen LogP contribution in [0.2, 0.25) is 0 Å². The van der Waals surface area contributed by atoms with Crippen LogP contribution in [0.25, 0.3) is 11.3 Å². The molecule has 168 valence electrons. The Morgan fingerprint density at radius 1 is 1.00 bits per heavy atom. The fourth-order valence-corrected chi connectivity index (χ4v) is 3.33. The van der Waals surface area contributed by atoms with E-state index in [1.54, 1.807) is 37.3 Å². The summed E-state index contributed by atoms with van der Waals surface area (Å²) in [5.74, 6) is -1.68. The van der Waals surface area contributed by atoms with Gasteiger partial charge >= 0.3 is 5.91 Å². The maximum absolute atomic E-state index is 12.6. The number of H-pyrrole nitrogens is 1. The third-order valence-electron chi connectivity index (χ3n) is 5.13. The van der Waals surface area contributed by atoms with E-state index in [9.17, 15) is 14.4 Å². The molecule has 3 aromatic rings. The molecular formula is C23H23N7O3. The fraction of sp³-hybridized carbons (Fsp3) is 0.174. The minimum Gasteiger partial charge on any atom is -0.272 e. The number of rotatable bonds is 4. The zero-order valence-electron chi connectivity index (χ0n) is 18.3. The summed E-state index contributed by atoms with van der Waals surface area (Å²) in [6, 6.07) is 15.6. The Kier molecular flexibility index (Phi) is 5.90. The summed E-state index contributed by atoms with van der Waals surface area (Å²) in [6.07, 6.45) is 0. The van der Waals surface area contributed by atoms with E-state index in [-0.39, 0.29) is 17.4 Å². The van der Waals surface area contributed by atoms with Crippen LogP contribution in [0.3, 0.4) is 0 Å². The number of nitrogens with one attached hydrogen (secondary N) is 4. The Balaban J connectivity index is 1.42. The van der Waals surface area contributed by atoms with Gasteiger partial charge in [-0.3, -0.25) is 35.8 Å². The van der Waals surface area contributed by atoms with Gasteiger partial charge in [0.25, 0.3) is 11.8 Å². The second-order valence-electron chi connectivity index (χ2n) is 7.67. The maximum atomic E-state index is 12.6. The van der Waals surface area contributed by atoms with Gasteiger partial charge in [0.1, 0.15) is 11.7 Å². The van der Waals surface area contributed by atoms with Gasteiger partial charge in [0.05, 0.1) is 11.4 Å². The van der Waals surface area contributed by atoms with Gasteiger partial charge in [0.15, 0.2) is 0 Å². The molecule has 4 N–H and O–H groups in total. The number of aryl methyl sites for hydroxylation is 2. The van der Waals surface area contributed by atoms with Gasteiger partial charge in [0.2, 0.25) is 5.84 Å². The lowest BCUT2D eigenvalue weighted by Crippen LogP contribution is -2.59. The molecule has 0 saturated carbocycles. The van der Waals surface area contributed by atoms with Gasteiger partial charge in [-0.2, -0.15) is 5.10 Å².